The fourth-order valence-corrected chi connectivity index (χ4v) is 3.68. The van der Waals surface area contributed by atoms with Gasteiger partial charge in [-0.3, -0.25) is 4.98 Å². The molecule has 0 bridgehead atoms. The summed E-state index contributed by atoms with van der Waals surface area (Å²) < 4.78 is 5.09. The van der Waals surface area contributed by atoms with E-state index in [0.29, 0.717) is 5.58 Å². The highest BCUT2D eigenvalue weighted by Crippen LogP contribution is 2.36. The minimum atomic E-state index is -0.414. The van der Waals surface area contributed by atoms with Gasteiger partial charge in [0.25, 0.3) is 0 Å². The largest absolute Gasteiger partial charge is 0.417 e. The molecule has 19 heavy (non-hydrogen) atoms. The highest BCUT2D eigenvalue weighted by atomic mass is 79.9. The van der Waals surface area contributed by atoms with Crippen molar-refractivity contribution in [1.82, 2.24) is 4.98 Å². The minimum Gasteiger partial charge on any atom is -0.408 e. The summed E-state index contributed by atoms with van der Waals surface area (Å²) in [7, 11) is 0. The van der Waals surface area contributed by atoms with E-state index in [0.717, 1.165) is 17.5 Å². The van der Waals surface area contributed by atoms with Crippen LogP contribution in [0.3, 0.4) is 0 Å². The molecule has 0 aliphatic heterocycles. The Morgan fingerprint density at radius 2 is 2.21 bits per heavy atom. The number of aromatic nitrogens is 1. The molecule has 0 radical (unpaired) electrons. The Bertz CT molecular complexity index is 771. The third-order valence-corrected chi connectivity index (χ3v) is 5.64. The van der Waals surface area contributed by atoms with E-state index in [9.17, 15) is 4.79 Å². The van der Waals surface area contributed by atoms with Crippen molar-refractivity contribution < 1.29 is 4.42 Å². The molecular weight excluding hydrogens is 326 g/mol. The van der Waals surface area contributed by atoms with Gasteiger partial charge >= 0.3 is 5.76 Å². The van der Waals surface area contributed by atoms with Crippen molar-refractivity contribution in [2.75, 3.05) is 0 Å². The molecule has 0 spiro atoms. The molecule has 0 saturated carbocycles. The summed E-state index contributed by atoms with van der Waals surface area (Å²) in [6.45, 7) is 2.15. The number of alkyl halides is 1. The number of halogens is 1. The first kappa shape index (κ1) is 12.7. The SMILES string of the molecule is CCc1ccc(C(Br)c2ccc3[nH]c(=O)oc3c2)s1. The Kier molecular flexibility index (Phi) is 3.33. The van der Waals surface area contributed by atoms with Crippen LogP contribution in [-0.4, -0.2) is 4.98 Å². The van der Waals surface area contributed by atoms with E-state index in [2.05, 4.69) is 40.0 Å². The summed E-state index contributed by atoms with van der Waals surface area (Å²) in [6.07, 6.45) is 1.05. The number of aryl methyl sites for hydroxylation is 1. The van der Waals surface area contributed by atoms with Crippen molar-refractivity contribution in [3.05, 3.63) is 56.2 Å². The quantitative estimate of drug-likeness (QED) is 0.727. The number of nitrogens with one attached hydrogen (secondary N) is 1. The van der Waals surface area contributed by atoms with E-state index in [1.165, 1.54) is 9.75 Å². The molecule has 0 saturated heterocycles. The van der Waals surface area contributed by atoms with Crippen LogP contribution in [0.5, 0.6) is 0 Å². The van der Waals surface area contributed by atoms with Gasteiger partial charge in [-0.1, -0.05) is 28.9 Å². The number of oxazole rings is 1. The lowest BCUT2D eigenvalue weighted by Crippen LogP contribution is -1.92. The van der Waals surface area contributed by atoms with E-state index in [-0.39, 0.29) is 4.83 Å². The molecule has 3 nitrogen and oxygen atoms in total. The third kappa shape index (κ3) is 2.40. The van der Waals surface area contributed by atoms with Gasteiger partial charge in [-0.25, -0.2) is 4.79 Å². The van der Waals surface area contributed by atoms with E-state index >= 15 is 0 Å². The van der Waals surface area contributed by atoms with Crippen molar-refractivity contribution >= 4 is 38.4 Å². The van der Waals surface area contributed by atoms with Crippen molar-refractivity contribution in [2.24, 2.45) is 0 Å². The number of fused-ring (bicyclic) bond motifs is 1. The molecule has 2 aromatic heterocycles. The Morgan fingerprint density at radius 3 is 2.95 bits per heavy atom. The van der Waals surface area contributed by atoms with Gasteiger partial charge in [-0.2, -0.15) is 0 Å². The molecule has 0 fully saturated rings. The number of rotatable bonds is 3. The molecule has 0 amide bonds. The monoisotopic (exact) mass is 337 g/mol. The van der Waals surface area contributed by atoms with Crippen LogP contribution in [0.2, 0.25) is 0 Å². The first-order chi connectivity index (χ1) is 9.17. The number of hydrogen-bond acceptors (Lipinski definition) is 3. The molecule has 3 aromatic rings. The average Bonchev–Trinajstić information content (AvgIpc) is 3.01. The van der Waals surface area contributed by atoms with Gasteiger partial charge in [0, 0.05) is 9.75 Å². The van der Waals surface area contributed by atoms with Gasteiger partial charge in [0.05, 0.1) is 10.3 Å². The Hall–Kier alpha value is -1.33. The maximum absolute atomic E-state index is 11.2. The van der Waals surface area contributed by atoms with Gasteiger partial charge in [0.15, 0.2) is 5.58 Å². The summed E-state index contributed by atoms with van der Waals surface area (Å²) in [4.78, 5) is 16.5. The Balaban J connectivity index is 2.00. The van der Waals surface area contributed by atoms with Crippen LogP contribution in [0.15, 0.2) is 39.5 Å². The second-order valence-electron chi connectivity index (χ2n) is 4.29. The highest BCUT2D eigenvalue weighted by Gasteiger charge is 2.14. The van der Waals surface area contributed by atoms with E-state index in [4.69, 9.17) is 4.42 Å². The number of thiophene rings is 1. The van der Waals surface area contributed by atoms with Gasteiger partial charge in [0.2, 0.25) is 0 Å². The summed E-state index contributed by atoms with van der Waals surface area (Å²) >= 11 is 5.51. The van der Waals surface area contributed by atoms with Gasteiger partial charge in [-0.05, 0) is 36.2 Å². The zero-order valence-electron chi connectivity index (χ0n) is 10.3. The van der Waals surface area contributed by atoms with Crippen molar-refractivity contribution in [3.63, 3.8) is 0 Å². The Labute approximate surface area is 122 Å². The molecule has 5 heteroatoms. The molecule has 1 N–H and O–H groups in total. The highest BCUT2D eigenvalue weighted by molar-refractivity contribution is 9.09. The van der Waals surface area contributed by atoms with Crippen LogP contribution in [-0.2, 0) is 6.42 Å². The zero-order chi connectivity index (χ0) is 13.4. The predicted molar refractivity (Wildman–Crippen MR) is 81.3 cm³/mol. The van der Waals surface area contributed by atoms with Crippen LogP contribution in [0.25, 0.3) is 11.1 Å². The number of hydrogen-bond donors (Lipinski definition) is 1. The van der Waals surface area contributed by atoms with Crippen molar-refractivity contribution in [1.29, 1.82) is 0 Å². The first-order valence-corrected chi connectivity index (χ1v) is 7.76. The molecular formula is C14H12BrNO2S. The van der Waals surface area contributed by atoms with Gasteiger partial charge in [0.1, 0.15) is 0 Å². The maximum atomic E-state index is 11.2. The van der Waals surface area contributed by atoms with Gasteiger partial charge in [-0.15, -0.1) is 11.3 Å². The maximum Gasteiger partial charge on any atom is 0.417 e. The second-order valence-corrected chi connectivity index (χ2v) is 6.41. The van der Waals surface area contributed by atoms with Crippen LogP contribution in [0.1, 0.15) is 27.1 Å². The predicted octanol–water partition coefficient (Wildman–Crippen LogP) is 4.23. The van der Waals surface area contributed by atoms with E-state index in [1.54, 1.807) is 11.3 Å². The Morgan fingerprint density at radius 1 is 1.37 bits per heavy atom. The molecule has 3 rings (SSSR count). The summed E-state index contributed by atoms with van der Waals surface area (Å²) in [5.74, 6) is -0.414. The number of aromatic amines is 1. The molecule has 1 aromatic carbocycles. The smallest absolute Gasteiger partial charge is 0.408 e. The fraction of sp³-hybridized carbons (Fsp3) is 0.214. The van der Waals surface area contributed by atoms with Gasteiger partial charge < -0.3 is 4.42 Å². The summed E-state index contributed by atoms with van der Waals surface area (Å²) in [6, 6.07) is 10.1. The molecule has 0 aliphatic carbocycles. The topological polar surface area (TPSA) is 46.0 Å². The standard InChI is InChI=1S/C14H12BrNO2S/c1-2-9-4-6-12(19-9)13(15)8-3-5-10-11(7-8)18-14(17)16-10/h3-7,13H,2H2,1H3,(H,16,17). The molecule has 98 valence electrons. The number of benzene rings is 1. The lowest BCUT2D eigenvalue weighted by atomic mass is 10.1. The van der Waals surface area contributed by atoms with E-state index < -0.39 is 5.76 Å². The van der Waals surface area contributed by atoms with Crippen LogP contribution in [0.4, 0.5) is 0 Å². The average molecular weight is 338 g/mol. The molecule has 0 aliphatic rings. The summed E-state index contributed by atoms with van der Waals surface area (Å²) in [5.41, 5.74) is 2.41. The second kappa shape index (κ2) is 4.98. The lowest BCUT2D eigenvalue weighted by Gasteiger charge is -2.07. The molecule has 1 unspecified atom stereocenters. The third-order valence-electron chi connectivity index (χ3n) is 3.02. The molecule has 1 atom stereocenters. The van der Waals surface area contributed by atoms with E-state index in [1.807, 2.05) is 18.2 Å². The summed E-state index contributed by atoms with van der Waals surface area (Å²) in [5, 5.41) is 0. The van der Waals surface area contributed by atoms with Crippen LogP contribution >= 0.6 is 27.3 Å². The minimum absolute atomic E-state index is 0.127. The first-order valence-electron chi connectivity index (χ1n) is 6.03. The number of H-pyrrole nitrogens is 1. The molecule has 2 heterocycles. The van der Waals surface area contributed by atoms with Crippen LogP contribution in [0, 0.1) is 0 Å². The lowest BCUT2D eigenvalue weighted by molar-refractivity contribution is 0.555. The van der Waals surface area contributed by atoms with Crippen molar-refractivity contribution in [2.45, 2.75) is 18.2 Å². The van der Waals surface area contributed by atoms with Crippen LogP contribution < -0.4 is 5.76 Å². The zero-order valence-corrected chi connectivity index (χ0v) is 12.7. The normalized spacial score (nSPS) is 12.9. The van der Waals surface area contributed by atoms with Crippen molar-refractivity contribution in [3.8, 4) is 0 Å². The fourth-order valence-electron chi connectivity index (χ4n) is 2.00.